The van der Waals surface area contributed by atoms with E-state index in [1.807, 2.05) is 36.4 Å². The van der Waals surface area contributed by atoms with Gasteiger partial charge in [0.1, 0.15) is 11.3 Å². The Balaban J connectivity index is 1.39. The minimum absolute atomic E-state index is 0.302. The van der Waals surface area contributed by atoms with Crippen LogP contribution in [-0.4, -0.2) is 21.1 Å². The molecular weight excluding hydrogens is 388 g/mol. The molecule has 1 aliphatic rings. The molecule has 0 atom stereocenters. The first kappa shape index (κ1) is 18.1. The lowest BCUT2D eigenvalue weighted by atomic mass is 10.1. The SMILES string of the molecule is O=c1nc(CCc2ccc(Cl)cn2)ccn1-c1ccc2c3c(oc2c1)CCNC3. The zero-order valence-corrected chi connectivity index (χ0v) is 16.4. The smallest absolute Gasteiger partial charge is 0.352 e. The summed E-state index contributed by atoms with van der Waals surface area (Å²) in [6.45, 7) is 1.75. The molecule has 0 saturated heterocycles. The second-order valence-electron chi connectivity index (χ2n) is 7.15. The number of aryl methyl sites for hydroxylation is 2. The van der Waals surface area contributed by atoms with Crippen LogP contribution in [0.5, 0.6) is 0 Å². The number of furan rings is 1. The van der Waals surface area contributed by atoms with E-state index in [2.05, 4.69) is 15.3 Å². The minimum atomic E-state index is -0.302. The standard InChI is InChI=1S/C22H19ClN4O2/c23-14-1-2-15(25-12-14)3-4-16-8-10-27(22(28)26-16)17-5-6-18-19-13-24-9-7-20(19)29-21(18)11-17/h1-2,5-6,8,10-12,24H,3-4,7,9,13H2. The topological polar surface area (TPSA) is 73.0 Å². The number of hydrogen-bond donors (Lipinski definition) is 1. The molecule has 0 bridgehead atoms. The summed E-state index contributed by atoms with van der Waals surface area (Å²) in [6, 6.07) is 11.4. The van der Waals surface area contributed by atoms with Gasteiger partial charge in [0, 0.05) is 60.3 Å². The third-order valence-corrected chi connectivity index (χ3v) is 5.48. The number of aromatic nitrogens is 3. The molecular formula is C22H19ClN4O2. The van der Waals surface area contributed by atoms with Crippen molar-refractivity contribution in [3.8, 4) is 5.69 Å². The van der Waals surface area contributed by atoms with E-state index in [0.717, 1.165) is 53.3 Å². The lowest BCUT2D eigenvalue weighted by Gasteiger charge is -2.10. The Bertz CT molecular complexity index is 1240. The van der Waals surface area contributed by atoms with E-state index in [-0.39, 0.29) is 5.69 Å². The van der Waals surface area contributed by atoms with E-state index in [1.54, 1.807) is 17.0 Å². The zero-order chi connectivity index (χ0) is 19.8. The van der Waals surface area contributed by atoms with Gasteiger partial charge in [0.2, 0.25) is 0 Å². The molecule has 0 unspecified atom stereocenters. The maximum absolute atomic E-state index is 12.6. The molecule has 0 fully saturated rings. The van der Waals surface area contributed by atoms with Crippen molar-refractivity contribution in [2.75, 3.05) is 6.54 Å². The van der Waals surface area contributed by atoms with Crippen LogP contribution >= 0.6 is 11.6 Å². The normalized spacial score (nSPS) is 13.6. The number of pyridine rings is 1. The lowest BCUT2D eigenvalue weighted by molar-refractivity contribution is 0.500. The summed E-state index contributed by atoms with van der Waals surface area (Å²) in [4.78, 5) is 21.1. The first-order valence-corrected chi connectivity index (χ1v) is 9.99. The fourth-order valence-electron chi connectivity index (χ4n) is 3.73. The largest absolute Gasteiger partial charge is 0.461 e. The van der Waals surface area contributed by atoms with Crippen LogP contribution in [-0.2, 0) is 25.8 Å². The molecule has 0 spiro atoms. The highest BCUT2D eigenvalue weighted by Gasteiger charge is 2.17. The number of nitrogens with one attached hydrogen (secondary N) is 1. The Hall–Kier alpha value is -2.96. The maximum Gasteiger partial charge on any atom is 0.352 e. The van der Waals surface area contributed by atoms with Gasteiger partial charge >= 0.3 is 5.69 Å². The van der Waals surface area contributed by atoms with E-state index < -0.39 is 0 Å². The fourth-order valence-corrected chi connectivity index (χ4v) is 3.85. The first-order chi connectivity index (χ1) is 14.2. The van der Waals surface area contributed by atoms with Crippen LogP contribution in [0, 0.1) is 0 Å². The molecule has 4 heterocycles. The highest BCUT2D eigenvalue weighted by atomic mass is 35.5. The summed E-state index contributed by atoms with van der Waals surface area (Å²) in [5, 5.41) is 5.08. The zero-order valence-electron chi connectivity index (χ0n) is 15.7. The molecule has 0 radical (unpaired) electrons. The van der Waals surface area contributed by atoms with E-state index in [4.69, 9.17) is 16.0 Å². The molecule has 3 aromatic heterocycles. The molecule has 0 saturated carbocycles. The summed E-state index contributed by atoms with van der Waals surface area (Å²) >= 11 is 5.86. The van der Waals surface area contributed by atoms with E-state index >= 15 is 0 Å². The molecule has 4 aromatic rings. The van der Waals surface area contributed by atoms with Gasteiger partial charge in [-0.15, -0.1) is 0 Å². The number of rotatable bonds is 4. The monoisotopic (exact) mass is 406 g/mol. The van der Waals surface area contributed by atoms with Gasteiger partial charge < -0.3 is 9.73 Å². The number of nitrogens with zero attached hydrogens (tertiary/aromatic N) is 3. The van der Waals surface area contributed by atoms with Crippen LogP contribution in [0.3, 0.4) is 0 Å². The Morgan fingerprint density at radius 1 is 1.14 bits per heavy atom. The highest BCUT2D eigenvalue weighted by molar-refractivity contribution is 6.30. The average Bonchev–Trinajstić information content (AvgIpc) is 3.11. The number of halogens is 1. The molecule has 5 rings (SSSR count). The van der Waals surface area contributed by atoms with Crippen LogP contribution in [0.15, 0.2) is 58.0 Å². The van der Waals surface area contributed by atoms with Gasteiger partial charge in [-0.25, -0.2) is 4.79 Å². The predicted molar refractivity (Wildman–Crippen MR) is 112 cm³/mol. The van der Waals surface area contributed by atoms with Crippen molar-refractivity contribution in [1.29, 1.82) is 0 Å². The lowest BCUT2D eigenvalue weighted by Crippen LogP contribution is -2.22. The third-order valence-electron chi connectivity index (χ3n) is 5.26. The Morgan fingerprint density at radius 2 is 2.03 bits per heavy atom. The predicted octanol–water partition coefficient (Wildman–Crippen LogP) is 3.46. The van der Waals surface area contributed by atoms with Gasteiger partial charge in [-0.05, 0) is 43.2 Å². The molecule has 0 aliphatic carbocycles. The van der Waals surface area contributed by atoms with Crippen LogP contribution < -0.4 is 11.0 Å². The van der Waals surface area contributed by atoms with E-state index in [1.165, 1.54) is 5.56 Å². The van der Waals surface area contributed by atoms with Crippen molar-refractivity contribution >= 4 is 22.6 Å². The van der Waals surface area contributed by atoms with Crippen molar-refractivity contribution in [2.45, 2.75) is 25.8 Å². The molecule has 6 nitrogen and oxygen atoms in total. The third kappa shape index (κ3) is 3.57. The van der Waals surface area contributed by atoms with Crippen LogP contribution in [0.2, 0.25) is 5.02 Å². The first-order valence-electron chi connectivity index (χ1n) is 9.62. The van der Waals surface area contributed by atoms with E-state index in [9.17, 15) is 4.79 Å². The number of hydrogen-bond acceptors (Lipinski definition) is 5. The van der Waals surface area contributed by atoms with Gasteiger partial charge in [0.05, 0.1) is 10.7 Å². The van der Waals surface area contributed by atoms with Gasteiger partial charge in [-0.3, -0.25) is 9.55 Å². The average molecular weight is 407 g/mol. The van der Waals surface area contributed by atoms with Crippen molar-refractivity contribution < 1.29 is 4.42 Å². The van der Waals surface area contributed by atoms with Crippen molar-refractivity contribution in [3.63, 3.8) is 0 Å². The molecule has 0 amide bonds. The summed E-state index contributed by atoms with van der Waals surface area (Å²) in [5.41, 5.74) is 4.13. The van der Waals surface area contributed by atoms with Gasteiger partial charge in [0.15, 0.2) is 0 Å². The Kier molecular flexibility index (Phi) is 4.66. The number of fused-ring (bicyclic) bond motifs is 3. The van der Waals surface area contributed by atoms with Gasteiger partial charge in [-0.1, -0.05) is 11.6 Å². The summed E-state index contributed by atoms with van der Waals surface area (Å²) in [6.07, 6.45) is 5.62. The minimum Gasteiger partial charge on any atom is -0.461 e. The molecule has 29 heavy (non-hydrogen) atoms. The second kappa shape index (κ2) is 7.46. The van der Waals surface area contributed by atoms with Crippen LogP contribution in [0.1, 0.15) is 22.7 Å². The van der Waals surface area contributed by atoms with Crippen LogP contribution in [0.25, 0.3) is 16.7 Å². The summed E-state index contributed by atoms with van der Waals surface area (Å²) in [5.74, 6) is 1.03. The maximum atomic E-state index is 12.6. The second-order valence-corrected chi connectivity index (χ2v) is 7.59. The van der Waals surface area contributed by atoms with E-state index in [0.29, 0.717) is 17.9 Å². The summed E-state index contributed by atoms with van der Waals surface area (Å²) < 4.78 is 7.56. The van der Waals surface area contributed by atoms with Crippen molar-refractivity contribution in [3.05, 3.63) is 87.0 Å². The highest BCUT2D eigenvalue weighted by Crippen LogP contribution is 2.29. The molecule has 1 N–H and O–H groups in total. The fraction of sp³-hybridized carbons (Fsp3) is 0.227. The molecule has 146 valence electrons. The molecule has 1 aliphatic heterocycles. The molecule has 7 heteroatoms. The quantitative estimate of drug-likeness (QED) is 0.562. The van der Waals surface area contributed by atoms with Crippen molar-refractivity contribution in [2.24, 2.45) is 0 Å². The number of benzene rings is 1. The van der Waals surface area contributed by atoms with Gasteiger partial charge in [-0.2, -0.15) is 4.98 Å². The Morgan fingerprint density at radius 3 is 2.86 bits per heavy atom. The Labute approximate surface area is 172 Å². The van der Waals surface area contributed by atoms with Crippen LogP contribution in [0.4, 0.5) is 0 Å². The molecule has 1 aromatic carbocycles. The summed E-state index contributed by atoms with van der Waals surface area (Å²) in [7, 11) is 0. The van der Waals surface area contributed by atoms with Gasteiger partial charge in [0.25, 0.3) is 0 Å². The van der Waals surface area contributed by atoms with Crippen molar-refractivity contribution in [1.82, 2.24) is 19.9 Å².